The van der Waals surface area contributed by atoms with E-state index in [1.54, 1.807) is 4.90 Å². The molecule has 0 radical (unpaired) electrons. The van der Waals surface area contributed by atoms with Crippen LogP contribution in [0.2, 0.25) is 0 Å². The number of carboxylic acids is 2. The summed E-state index contributed by atoms with van der Waals surface area (Å²) in [5.74, 6) is -1.91. The van der Waals surface area contributed by atoms with Crippen molar-refractivity contribution in [1.29, 1.82) is 0 Å². The van der Waals surface area contributed by atoms with Crippen molar-refractivity contribution in [2.24, 2.45) is 0 Å². The number of fused-ring (bicyclic) bond motifs is 1. The Kier molecular flexibility index (Phi) is 4.19. The Bertz CT molecular complexity index is 318. The van der Waals surface area contributed by atoms with E-state index < -0.39 is 11.9 Å². The average Bonchev–Trinajstić information content (AvgIpc) is 2.73. The van der Waals surface area contributed by atoms with Crippen LogP contribution in [0.5, 0.6) is 0 Å². The molecule has 0 spiro atoms. The summed E-state index contributed by atoms with van der Waals surface area (Å²) in [6.07, 6.45) is 4.14. The Morgan fingerprint density at radius 3 is 2.39 bits per heavy atom. The Labute approximate surface area is 106 Å². The molecule has 2 fully saturated rings. The van der Waals surface area contributed by atoms with Crippen molar-refractivity contribution >= 4 is 11.9 Å². The molecule has 6 heteroatoms. The number of piperidine rings is 1. The van der Waals surface area contributed by atoms with E-state index in [0.29, 0.717) is 6.04 Å². The molecule has 18 heavy (non-hydrogen) atoms. The van der Waals surface area contributed by atoms with Gasteiger partial charge in [-0.25, -0.2) is 0 Å². The topological polar surface area (TPSA) is 81.1 Å². The van der Waals surface area contributed by atoms with Gasteiger partial charge in [-0.2, -0.15) is 0 Å². The van der Waals surface area contributed by atoms with Crippen LogP contribution >= 0.6 is 0 Å². The maximum Gasteiger partial charge on any atom is 0.317 e. The lowest BCUT2D eigenvalue weighted by Crippen LogP contribution is -2.50. The molecule has 0 aromatic heterocycles. The highest BCUT2D eigenvalue weighted by Gasteiger charge is 2.35. The van der Waals surface area contributed by atoms with E-state index in [-0.39, 0.29) is 19.1 Å². The van der Waals surface area contributed by atoms with Crippen LogP contribution in [-0.4, -0.2) is 70.2 Å². The van der Waals surface area contributed by atoms with Gasteiger partial charge in [0.1, 0.15) is 0 Å². The van der Waals surface area contributed by atoms with E-state index in [9.17, 15) is 9.59 Å². The summed E-state index contributed by atoms with van der Waals surface area (Å²) < 4.78 is 0. The smallest absolute Gasteiger partial charge is 0.317 e. The third-order valence-corrected chi connectivity index (χ3v) is 3.99. The molecule has 0 amide bonds. The molecular formula is C12H20N2O4. The van der Waals surface area contributed by atoms with Crippen molar-refractivity contribution in [1.82, 2.24) is 9.80 Å². The van der Waals surface area contributed by atoms with E-state index in [2.05, 4.69) is 4.90 Å². The summed E-state index contributed by atoms with van der Waals surface area (Å²) in [4.78, 5) is 25.7. The predicted molar refractivity (Wildman–Crippen MR) is 64.5 cm³/mol. The van der Waals surface area contributed by atoms with E-state index in [4.69, 9.17) is 10.2 Å². The fourth-order valence-electron chi connectivity index (χ4n) is 3.20. The number of rotatable bonds is 5. The predicted octanol–water partition coefficient (Wildman–Crippen LogP) is 0.0844. The van der Waals surface area contributed by atoms with Gasteiger partial charge >= 0.3 is 11.9 Å². The van der Waals surface area contributed by atoms with Gasteiger partial charge in [0, 0.05) is 12.1 Å². The molecule has 0 bridgehead atoms. The average molecular weight is 256 g/mol. The molecule has 2 aliphatic heterocycles. The third-order valence-electron chi connectivity index (χ3n) is 3.99. The molecule has 2 saturated heterocycles. The van der Waals surface area contributed by atoms with Crippen molar-refractivity contribution in [3.8, 4) is 0 Å². The van der Waals surface area contributed by atoms with Crippen molar-refractivity contribution in [2.45, 2.75) is 37.8 Å². The fraction of sp³-hybridized carbons (Fsp3) is 0.833. The number of hydrogen-bond acceptors (Lipinski definition) is 4. The molecule has 2 atom stereocenters. The van der Waals surface area contributed by atoms with Crippen molar-refractivity contribution in [2.75, 3.05) is 26.2 Å². The van der Waals surface area contributed by atoms with Gasteiger partial charge < -0.3 is 15.1 Å². The number of carboxylic acid groups (broad SMARTS) is 2. The van der Waals surface area contributed by atoms with E-state index in [1.165, 1.54) is 6.42 Å². The largest absolute Gasteiger partial charge is 0.480 e. The molecular weight excluding hydrogens is 236 g/mol. The van der Waals surface area contributed by atoms with Gasteiger partial charge in [0.2, 0.25) is 0 Å². The van der Waals surface area contributed by atoms with Crippen LogP contribution < -0.4 is 0 Å². The summed E-state index contributed by atoms with van der Waals surface area (Å²) in [5, 5.41) is 17.7. The molecule has 0 aromatic rings. The summed E-state index contributed by atoms with van der Waals surface area (Å²) in [6, 6.07) is 0.616. The second kappa shape index (κ2) is 5.67. The zero-order valence-electron chi connectivity index (χ0n) is 10.4. The Balaban J connectivity index is 1.96. The first-order valence-corrected chi connectivity index (χ1v) is 6.48. The number of hydrogen-bond donors (Lipinski definition) is 2. The van der Waals surface area contributed by atoms with Crippen molar-refractivity contribution in [3.05, 3.63) is 0 Å². The van der Waals surface area contributed by atoms with Crippen molar-refractivity contribution in [3.63, 3.8) is 0 Å². The van der Waals surface area contributed by atoms with E-state index >= 15 is 0 Å². The molecule has 2 rings (SSSR count). The first kappa shape index (κ1) is 13.3. The molecule has 2 N–H and O–H groups in total. The second-order valence-corrected chi connectivity index (χ2v) is 5.20. The fourth-order valence-corrected chi connectivity index (χ4v) is 3.20. The maximum absolute atomic E-state index is 10.8. The quantitative estimate of drug-likeness (QED) is 0.725. The first-order valence-electron chi connectivity index (χ1n) is 6.48. The maximum atomic E-state index is 10.8. The molecule has 2 heterocycles. The molecule has 102 valence electrons. The summed E-state index contributed by atoms with van der Waals surface area (Å²) in [5.41, 5.74) is 0. The standard InChI is InChI=1S/C12H20N2O4/c15-11(16)7-14(8-12(17)18)10-3-5-13-4-1-2-9(13)6-10/h9-10H,1-8H2,(H,15,16)(H,17,18). The molecule has 0 saturated carbocycles. The van der Waals surface area contributed by atoms with Gasteiger partial charge in [0.15, 0.2) is 0 Å². The van der Waals surface area contributed by atoms with Crippen LogP contribution in [0.1, 0.15) is 25.7 Å². The molecule has 6 nitrogen and oxygen atoms in total. The summed E-state index contributed by atoms with van der Waals surface area (Å²) >= 11 is 0. The first-order chi connectivity index (χ1) is 8.56. The van der Waals surface area contributed by atoms with Gasteiger partial charge in [0.05, 0.1) is 13.1 Å². The van der Waals surface area contributed by atoms with Crippen LogP contribution in [0, 0.1) is 0 Å². The third kappa shape index (κ3) is 3.20. The van der Waals surface area contributed by atoms with Crippen LogP contribution in [0.25, 0.3) is 0 Å². The van der Waals surface area contributed by atoms with Gasteiger partial charge in [-0.05, 0) is 38.8 Å². The minimum Gasteiger partial charge on any atom is -0.480 e. The lowest BCUT2D eigenvalue weighted by molar-refractivity contribution is -0.143. The zero-order chi connectivity index (χ0) is 13.1. The van der Waals surface area contributed by atoms with E-state index in [1.807, 2.05) is 0 Å². The highest BCUT2D eigenvalue weighted by atomic mass is 16.4. The van der Waals surface area contributed by atoms with Crippen molar-refractivity contribution < 1.29 is 19.8 Å². The summed E-state index contributed by atoms with van der Waals surface area (Å²) in [7, 11) is 0. The highest BCUT2D eigenvalue weighted by Crippen LogP contribution is 2.29. The Morgan fingerprint density at radius 1 is 1.11 bits per heavy atom. The lowest BCUT2D eigenvalue weighted by Gasteiger charge is -2.39. The Morgan fingerprint density at radius 2 is 1.78 bits per heavy atom. The normalized spacial score (nSPS) is 28.3. The minimum atomic E-state index is -0.954. The van der Waals surface area contributed by atoms with Crippen LogP contribution in [0.15, 0.2) is 0 Å². The number of aliphatic carboxylic acids is 2. The molecule has 2 unspecified atom stereocenters. The van der Waals surface area contributed by atoms with Gasteiger partial charge in [-0.15, -0.1) is 0 Å². The number of nitrogens with zero attached hydrogens (tertiary/aromatic N) is 2. The van der Waals surface area contributed by atoms with Crippen LogP contribution in [0.4, 0.5) is 0 Å². The molecule has 2 aliphatic rings. The minimum absolute atomic E-state index is 0.0940. The SMILES string of the molecule is O=C(O)CN(CC(=O)O)C1CCN2CCCC2C1. The number of carbonyl (C=O) groups is 2. The van der Waals surface area contributed by atoms with Gasteiger partial charge in [0.25, 0.3) is 0 Å². The van der Waals surface area contributed by atoms with Crippen LogP contribution in [0.3, 0.4) is 0 Å². The molecule has 0 aromatic carbocycles. The monoisotopic (exact) mass is 256 g/mol. The second-order valence-electron chi connectivity index (χ2n) is 5.20. The highest BCUT2D eigenvalue weighted by molar-refractivity contribution is 5.72. The van der Waals surface area contributed by atoms with Crippen LogP contribution in [-0.2, 0) is 9.59 Å². The van der Waals surface area contributed by atoms with E-state index in [0.717, 1.165) is 32.4 Å². The zero-order valence-corrected chi connectivity index (χ0v) is 10.4. The Hall–Kier alpha value is -1.14. The molecule has 0 aliphatic carbocycles. The summed E-state index contributed by atoms with van der Waals surface area (Å²) in [6.45, 7) is 1.74. The van der Waals surface area contributed by atoms with Gasteiger partial charge in [-0.3, -0.25) is 14.5 Å². The lowest BCUT2D eigenvalue weighted by atomic mass is 9.96. The van der Waals surface area contributed by atoms with Gasteiger partial charge in [-0.1, -0.05) is 0 Å².